The summed E-state index contributed by atoms with van der Waals surface area (Å²) >= 11 is 0. The van der Waals surface area contributed by atoms with Crippen LogP contribution < -0.4 is 0 Å². The van der Waals surface area contributed by atoms with Crippen molar-refractivity contribution < 1.29 is 4.79 Å². The molecular weight excluding hydrogens is 318 g/mol. The van der Waals surface area contributed by atoms with Gasteiger partial charge in [0.2, 0.25) is 5.78 Å². The van der Waals surface area contributed by atoms with E-state index in [9.17, 15) is 4.79 Å². The smallest absolute Gasteiger partial charge is 0.211 e. The number of carbonyl (C=O) groups is 1. The number of ketones is 1. The largest absolute Gasteiger partial charge is 0.287 e. The first-order chi connectivity index (χ1) is 12.8. The number of hydrogen-bond donors (Lipinski definition) is 0. The average molecular weight is 335 g/mol. The first kappa shape index (κ1) is 16.0. The zero-order valence-corrected chi connectivity index (χ0v) is 14.2. The van der Waals surface area contributed by atoms with Crippen molar-refractivity contribution in [1.29, 1.82) is 0 Å². The number of benzene rings is 3. The van der Waals surface area contributed by atoms with E-state index in [1.807, 2.05) is 103 Å². The molecule has 0 spiro atoms. The van der Waals surface area contributed by atoms with Crippen molar-refractivity contribution in [3.8, 4) is 22.4 Å². The lowest BCUT2D eigenvalue weighted by atomic mass is 9.99. The van der Waals surface area contributed by atoms with Gasteiger partial charge in [0.1, 0.15) is 5.69 Å². The van der Waals surface area contributed by atoms with Crippen LogP contribution in [0.3, 0.4) is 0 Å². The highest BCUT2D eigenvalue weighted by Crippen LogP contribution is 2.26. The molecular formula is C24H17NO. The van der Waals surface area contributed by atoms with Gasteiger partial charge in [-0.2, -0.15) is 0 Å². The van der Waals surface area contributed by atoms with Gasteiger partial charge in [0.25, 0.3) is 0 Å². The van der Waals surface area contributed by atoms with Crippen molar-refractivity contribution in [2.24, 2.45) is 0 Å². The van der Waals surface area contributed by atoms with Crippen molar-refractivity contribution in [2.75, 3.05) is 0 Å². The summed E-state index contributed by atoms with van der Waals surface area (Å²) in [6.45, 7) is 0. The second-order valence-electron chi connectivity index (χ2n) is 6.05. The zero-order chi connectivity index (χ0) is 17.8. The molecule has 4 aromatic rings. The molecule has 1 heterocycles. The highest BCUT2D eigenvalue weighted by Gasteiger charge is 2.14. The first-order valence-electron chi connectivity index (χ1n) is 8.54. The summed E-state index contributed by atoms with van der Waals surface area (Å²) in [6.07, 6.45) is 0. The Morgan fingerprint density at radius 1 is 0.577 bits per heavy atom. The van der Waals surface area contributed by atoms with Gasteiger partial charge in [-0.1, -0.05) is 91.0 Å². The monoisotopic (exact) mass is 335 g/mol. The molecule has 0 bridgehead atoms. The van der Waals surface area contributed by atoms with E-state index in [1.165, 1.54) is 0 Å². The van der Waals surface area contributed by atoms with E-state index >= 15 is 0 Å². The van der Waals surface area contributed by atoms with Crippen LogP contribution in [0.2, 0.25) is 0 Å². The van der Waals surface area contributed by atoms with Gasteiger partial charge < -0.3 is 0 Å². The number of rotatable bonds is 4. The Labute approximate surface area is 152 Å². The van der Waals surface area contributed by atoms with Crippen LogP contribution in [0.5, 0.6) is 0 Å². The Balaban J connectivity index is 1.87. The second-order valence-corrected chi connectivity index (χ2v) is 6.05. The summed E-state index contributed by atoms with van der Waals surface area (Å²) in [5, 5.41) is 0. The molecule has 0 fully saturated rings. The molecule has 4 rings (SSSR count). The Morgan fingerprint density at radius 2 is 1.12 bits per heavy atom. The first-order valence-corrected chi connectivity index (χ1v) is 8.54. The number of hydrogen-bond acceptors (Lipinski definition) is 2. The third-order valence-electron chi connectivity index (χ3n) is 4.27. The van der Waals surface area contributed by atoms with Crippen molar-refractivity contribution in [1.82, 2.24) is 4.98 Å². The van der Waals surface area contributed by atoms with E-state index in [1.54, 1.807) is 0 Å². The maximum absolute atomic E-state index is 13.0. The van der Waals surface area contributed by atoms with Crippen LogP contribution in [0, 0.1) is 0 Å². The van der Waals surface area contributed by atoms with Crippen LogP contribution in [0.15, 0.2) is 103 Å². The minimum absolute atomic E-state index is 0.0689. The molecule has 0 radical (unpaired) electrons. The van der Waals surface area contributed by atoms with Crippen molar-refractivity contribution in [2.45, 2.75) is 0 Å². The van der Waals surface area contributed by atoms with E-state index in [0.717, 1.165) is 22.4 Å². The predicted molar refractivity (Wildman–Crippen MR) is 105 cm³/mol. The highest BCUT2D eigenvalue weighted by molar-refractivity contribution is 6.08. The van der Waals surface area contributed by atoms with Crippen LogP contribution in [0.1, 0.15) is 16.1 Å². The molecule has 3 aromatic carbocycles. The van der Waals surface area contributed by atoms with Crippen molar-refractivity contribution in [3.05, 3.63) is 114 Å². The summed E-state index contributed by atoms with van der Waals surface area (Å²) in [4.78, 5) is 17.6. The lowest BCUT2D eigenvalue weighted by Gasteiger charge is -2.09. The Kier molecular flexibility index (Phi) is 4.40. The van der Waals surface area contributed by atoms with Crippen LogP contribution in [0.25, 0.3) is 22.4 Å². The lowest BCUT2D eigenvalue weighted by molar-refractivity contribution is 0.103. The number of pyridine rings is 1. The fourth-order valence-corrected chi connectivity index (χ4v) is 2.94. The molecule has 0 aliphatic rings. The van der Waals surface area contributed by atoms with Gasteiger partial charge in [-0.3, -0.25) is 4.79 Å². The molecule has 0 amide bonds. The molecule has 0 aliphatic heterocycles. The van der Waals surface area contributed by atoms with Gasteiger partial charge in [-0.15, -0.1) is 0 Å². The number of aromatic nitrogens is 1. The van der Waals surface area contributed by atoms with Crippen molar-refractivity contribution in [3.63, 3.8) is 0 Å². The summed E-state index contributed by atoms with van der Waals surface area (Å²) in [6, 6.07) is 33.2. The zero-order valence-electron chi connectivity index (χ0n) is 14.2. The van der Waals surface area contributed by atoms with Gasteiger partial charge >= 0.3 is 0 Å². The van der Waals surface area contributed by atoms with Crippen molar-refractivity contribution >= 4 is 5.78 Å². The quantitative estimate of drug-likeness (QED) is 0.451. The van der Waals surface area contributed by atoms with E-state index in [4.69, 9.17) is 0 Å². The summed E-state index contributed by atoms with van der Waals surface area (Å²) < 4.78 is 0. The normalized spacial score (nSPS) is 10.5. The Morgan fingerprint density at radius 3 is 1.73 bits per heavy atom. The topological polar surface area (TPSA) is 30.0 Å². The van der Waals surface area contributed by atoms with Crippen LogP contribution in [0.4, 0.5) is 0 Å². The van der Waals surface area contributed by atoms with Crippen LogP contribution in [-0.2, 0) is 0 Å². The molecule has 2 heteroatoms. The van der Waals surface area contributed by atoms with Gasteiger partial charge in [-0.05, 0) is 23.3 Å². The Bertz CT molecular complexity index is 968. The van der Waals surface area contributed by atoms with Crippen LogP contribution in [-0.4, -0.2) is 10.8 Å². The molecule has 0 saturated carbocycles. The number of nitrogens with zero attached hydrogens (tertiary/aromatic N) is 1. The average Bonchev–Trinajstić information content (AvgIpc) is 2.75. The van der Waals surface area contributed by atoms with Gasteiger partial charge in [0.15, 0.2) is 0 Å². The molecule has 124 valence electrons. The molecule has 0 atom stereocenters. The fraction of sp³-hybridized carbons (Fsp3) is 0. The maximum Gasteiger partial charge on any atom is 0.211 e. The predicted octanol–water partition coefficient (Wildman–Crippen LogP) is 5.65. The molecule has 0 N–H and O–H groups in total. The minimum atomic E-state index is -0.0689. The molecule has 26 heavy (non-hydrogen) atoms. The maximum atomic E-state index is 13.0. The lowest BCUT2D eigenvalue weighted by Crippen LogP contribution is -2.05. The second kappa shape index (κ2) is 7.16. The van der Waals surface area contributed by atoms with Crippen LogP contribution >= 0.6 is 0 Å². The fourth-order valence-electron chi connectivity index (χ4n) is 2.94. The van der Waals surface area contributed by atoms with E-state index in [2.05, 4.69) is 4.98 Å². The highest BCUT2D eigenvalue weighted by atomic mass is 16.1. The molecule has 0 unspecified atom stereocenters. The minimum Gasteiger partial charge on any atom is -0.287 e. The molecule has 2 nitrogen and oxygen atoms in total. The van der Waals surface area contributed by atoms with E-state index in [0.29, 0.717) is 11.3 Å². The summed E-state index contributed by atoms with van der Waals surface area (Å²) in [7, 11) is 0. The van der Waals surface area contributed by atoms with E-state index in [-0.39, 0.29) is 5.78 Å². The molecule has 1 aromatic heterocycles. The Hall–Kier alpha value is -3.52. The number of carbonyl (C=O) groups excluding carboxylic acids is 1. The SMILES string of the molecule is O=C(c1ccccc1)c1cc(-c2ccccc2)cc(-c2ccccc2)n1. The third kappa shape index (κ3) is 3.31. The van der Waals surface area contributed by atoms with Gasteiger partial charge in [0, 0.05) is 11.1 Å². The van der Waals surface area contributed by atoms with Gasteiger partial charge in [-0.25, -0.2) is 4.98 Å². The molecule has 0 aliphatic carbocycles. The standard InChI is InChI=1S/C24H17NO/c26-24(20-14-8-3-9-15-20)23-17-21(18-10-4-1-5-11-18)16-22(25-23)19-12-6-2-7-13-19/h1-17H. The van der Waals surface area contributed by atoms with E-state index < -0.39 is 0 Å². The third-order valence-corrected chi connectivity index (χ3v) is 4.27. The van der Waals surface area contributed by atoms with Gasteiger partial charge in [0.05, 0.1) is 5.69 Å². The summed E-state index contributed by atoms with van der Waals surface area (Å²) in [5.41, 5.74) is 4.94. The summed E-state index contributed by atoms with van der Waals surface area (Å²) in [5.74, 6) is -0.0689. The molecule has 0 saturated heterocycles.